The van der Waals surface area contributed by atoms with Gasteiger partial charge in [0.2, 0.25) is 0 Å². The third kappa shape index (κ3) is 4.69. The van der Waals surface area contributed by atoms with Crippen LogP contribution in [0.2, 0.25) is 0 Å². The third-order valence-corrected chi connectivity index (χ3v) is 9.38. The van der Waals surface area contributed by atoms with E-state index in [4.69, 9.17) is 19.9 Å². The predicted molar refractivity (Wildman–Crippen MR) is 185 cm³/mol. The molecule has 1 aliphatic carbocycles. The van der Waals surface area contributed by atoms with Crippen molar-refractivity contribution >= 4 is 21.5 Å². The zero-order chi connectivity index (χ0) is 30.8. The van der Waals surface area contributed by atoms with Crippen LogP contribution in [0.3, 0.4) is 0 Å². The van der Waals surface area contributed by atoms with Crippen LogP contribution in [0.1, 0.15) is 45.2 Å². The molecule has 0 saturated heterocycles. The maximum Gasteiger partial charge on any atom is 0.165 e. The predicted octanol–water partition coefficient (Wildman–Crippen LogP) is 10.2. The molecule has 1 aliphatic rings. The van der Waals surface area contributed by atoms with Crippen molar-refractivity contribution in [3.05, 3.63) is 133 Å². The molecule has 0 spiro atoms. The van der Waals surface area contributed by atoms with E-state index in [1.54, 1.807) is 0 Å². The van der Waals surface area contributed by atoms with Crippen LogP contribution in [0.4, 0.5) is 0 Å². The van der Waals surface area contributed by atoms with Gasteiger partial charge in [0.15, 0.2) is 17.5 Å². The van der Waals surface area contributed by atoms with Gasteiger partial charge in [-0.2, -0.15) is 0 Å². The molecule has 0 unspecified atom stereocenters. The lowest BCUT2D eigenvalue weighted by Crippen LogP contribution is -2.17. The van der Waals surface area contributed by atoms with Crippen LogP contribution >= 0.6 is 0 Å². The summed E-state index contributed by atoms with van der Waals surface area (Å²) in [4.78, 5) is 20.1. The minimum atomic E-state index is 0.135. The lowest BCUT2D eigenvalue weighted by Gasteiger charge is -2.22. The summed E-state index contributed by atoms with van der Waals surface area (Å²) in [7, 11) is 0. The average Bonchev–Trinajstić information content (AvgIpc) is 3.26. The lowest BCUT2D eigenvalue weighted by atomic mass is 9.82. The van der Waals surface area contributed by atoms with Crippen molar-refractivity contribution in [3.63, 3.8) is 0 Å². The SMILES string of the molecule is CC1(C)CC(C)(C)c2cc(-c3ccc(-c4nc(-c5cccc6ccccc56)nc(-c5cccc6ccccc56)n4)cn3)ccc21. The Balaban J connectivity index is 1.26. The topological polar surface area (TPSA) is 51.6 Å². The van der Waals surface area contributed by atoms with Crippen LogP contribution < -0.4 is 0 Å². The number of fused-ring (bicyclic) bond motifs is 3. The molecule has 0 atom stereocenters. The highest BCUT2D eigenvalue weighted by Gasteiger charge is 2.41. The molecule has 218 valence electrons. The summed E-state index contributed by atoms with van der Waals surface area (Å²) in [6.07, 6.45) is 3.04. The van der Waals surface area contributed by atoms with Crippen molar-refractivity contribution in [2.45, 2.75) is 44.9 Å². The molecule has 5 aromatic carbocycles. The first-order chi connectivity index (χ1) is 21.8. The maximum absolute atomic E-state index is 5.08. The molecule has 4 heteroatoms. The van der Waals surface area contributed by atoms with Crippen LogP contribution in [0.15, 0.2) is 121 Å². The number of benzene rings is 5. The van der Waals surface area contributed by atoms with Crippen molar-refractivity contribution in [1.29, 1.82) is 0 Å². The summed E-state index contributed by atoms with van der Waals surface area (Å²) in [5.41, 5.74) is 8.07. The molecular weight excluding hydrogens is 548 g/mol. The molecular formula is C41H34N4. The van der Waals surface area contributed by atoms with Gasteiger partial charge in [-0.25, -0.2) is 15.0 Å². The number of rotatable bonds is 4. The Hall–Kier alpha value is -5.22. The summed E-state index contributed by atoms with van der Waals surface area (Å²) in [5, 5.41) is 4.51. The molecule has 0 aliphatic heterocycles. The minimum absolute atomic E-state index is 0.135. The van der Waals surface area contributed by atoms with Crippen LogP contribution in [0.5, 0.6) is 0 Å². The Morgan fingerprint density at radius 2 is 1.02 bits per heavy atom. The number of hydrogen-bond acceptors (Lipinski definition) is 4. The van der Waals surface area contributed by atoms with E-state index in [0.717, 1.165) is 55.9 Å². The van der Waals surface area contributed by atoms with Gasteiger partial charge in [-0.15, -0.1) is 0 Å². The van der Waals surface area contributed by atoms with Crippen LogP contribution in [-0.4, -0.2) is 19.9 Å². The van der Waals surface area contributed by atoms with Crippen LogP contribution in [0, 0.1) is 0 Å². The number of hydrogen-bond donors (Lipinski definition) is 0. The molecule has 8 rings (SSSR count). The lowest BCUT2D eigenvalue weighted by molar-refractivity contribution is 0.403. The fourth-order valence-corrected chi connectivity index (χ4v) is 7.43. The fraction of sp³-hybridized carbons (Fsp3) is 0.171. The highest BCUT2D eigenvalue weighted by molar-refractivity contribution is 5.97. The Morgan fingerprint density at radius 1 is 0.489 bits per heavy atom. The third-order valence-electron chi connectivity index (χ3n) is 9.38. The van der Waals surface area contributed by atoms with Gasteiger partial charge in [0.1, 0.15) is 0 Å². The van der Waals surface area contributed by atoms with Gasteiger partial charge >= 0.3 is 0 Å². The Morgan fingerprint density at radius 3 is 1.62 bits per heavy atom. The fourth-order valence-electron chi connectivity index (χ4n) is 7.43. The molecule has 0 saturated carbocycles. The van der Waals surface area contributed by atoms with E-state index in [1.165, 1.54) is 11.1 Å². The van der Waals surface area contributed by atoms with Gasteiger partial charge in [0.25, 0.3) is 0 Å². The Bertz CT molecular complexity index is 2140. The van der Waals surface area contributed by atoms with E-state index in [2.05, 4.69) is 143 Å². The molecule has 0 N–H and O–H groups in total. The van der Waals surface area contributed by atoms with E-state index in [-0.39, 0.29) is 10.8 Å². The zero-order valence-electron chi connectivity index (χ0n) is 26.0. The highest BCUT2D eigenvalue weighted by atomic mass is 15.0. The summed E-state index contributed by atoms with van der Waals surface area (Å²) in [5.74, 6) is 1.89. The summed E-state index contributed by atoms with van der Waals surface area (Å²) < 4.78 is 0. The van der Waals surface area contributed by atoms with Crippen molar-refractivity contribution < 1.29 is 0 Å². The van der Waals surface area contributed by atoms with Crippen LogP contribution in [0.25, 0.3) is 67.0 Å². The van der Waals surface area contributed by atoms with Gasteiger partial charge in [0, 0.05) is 28.5 Å². The van der Waals surface area contributed by atoms with E-state index < -0.39 is 0 Å². The number of nitrogens with zero attached hydrogens (tertiary/aromatic N) is 4. The molecule has 0 fully saturated rings. The zero-order valence-corrected chi connectivity index (χ0v) is 26.0. The normalized spacial score (nSPS) is 14.9. The quantitative estimate of drug-likeness (QED) is 0.207. The highest BCUT2D eigenvalue weighted by Crippen LogP contribution is 2.50. The molecule has 45 heavy (non-hydrogen) atoms. The molecule has 0 radical (unpaired) electrons. The Labute approximate surface area is 263 Å². The standard InChI is InChI=1S/C41H34N4/c1-40(2)25-41(3,4)35-23-28(19-21-34(35)40)36-22-20-29(24-42-36)37-43-38(32-17-9-13-26-11-5-7-15-30(26)32)45-39(44-37)33-18-10-14-27-12-6-8-16-31(27)33/h5-24H,25H2,1-4H3. The summed E-state index contributed by atoms with van der Waals surface area (Å²) >= 11 is 0. The van der Waals surface area contributed by atoms with Crippen molar-refractivity contribution in [2.24, 2.45) is 0 Å². The van der Waals surface area contributed by atoms with E-state index in [9.17, 15) is 0 Å². The number of aromatic nitrogens is 4. The van der Waals surface area contributed by atoms with Crippen molar-refractivity contribution in [2.75, 3.05) is 0 Å². The van der Waals surface area contributed by atoms with Gasteiger partial charge in [-0.05, 0) is 68.1 Å². The average molecular weight is 583 g/mol. The molecule has 7 aromatic rings. The van der Waals surface area contributed by atoms with Gasteiger partial charge < -0.3 is 0 Å². The molecule has 0 amide bonds. The Kier molecular flexibility index (Phi) is 6.18. The van der Waals surface area contributed by atoms with Crippen LogP contribution in [-0.2, 0) is 10.8 Å². The largest absolute Gasteiger partial charge is 0.255 e. The molecule has 4 nitrogen and oxygen atoms in total. The maximum atomic E-state index is 5.08. The monoisotopic (exact) mass is 582 g/mol. The van der Waals surface area contributed by atoms with Gasteiger partial charge in [-0.1, -0.05) is 125 Å². The van der Waals surface area contributed by atoms with E-state index >= 15 is 0 Å². The number of pyridine rings is 1. The second-order valence-corrected chi connectivity index (χ2v) is 13.5. The van der Waals surface area contributed by atoms with E-state index in [0.29, 0.717) is 17.5 Å². The second-order valence-electron chi connectivity index (χ2n) is 13.5. The van der Waals surface area contributed by atoms with Gasteiger partial charge in [-0.3, -0.25) is 4.98 Å². The first-order valence-electron chi connectivity index (χ1n) is 15.6. The van der Waals surface area contributed by atoms with Crippen molar-refractivity contribution in [1.82, 2.24) is 19.9 Å². The molecule has 2 heterocycles. The minimum Gasteiger partial charge on any atom is -0.255 e. The second kappa shape index (κ2) is 10.2. The molecule has 0 bridgehead atoms. The van der Waals surface area contributed by atoms with Crippen molar-refractivity contribution in [3.8, 4) is 45.4 Å². The van der Waals surface area contributed by atoms with Gasteiger partial charge in [0.05, 0.1) is 5.69 Å². The first kappa shape index (κ1) is 27.3. The van der Waals surface area contributed by atoms with E-state index in [1.807, 2.05) is 6.20 Å². The summed E-state index contributed by atoms with van der Waals surface area (Å²) in [6, 6.07) is 40.3. The first-order valence-corrected chi connectivity index (χ1v) is 15.6. The molecule has 2 aromatic heterocycles. The smallest absolute Gasteiger partial charge is 0.165 e. The summed E-state index contributed by atoms with van der Waals surface area (Å²) in [6.45, 7) is 9.40.